The van der Waals surface area contributed by atoms with E-state index in [2.05, 4.69) is 10.0 Å². The molecule has 0 aromatic heterocycles. The van der Waals surface area contributed by atoms with Gasteiger partial charge in [-0.05, 0) is 18.3 Å². The average molecular weight is 355 g/mol. The lowest BCUT2D eigenvalue weighted by molar-refractivity contribution is -0.126. The Morgan fingerprint density at radius 3 is 2.17 bits per heavy atom. The first-order valence-electron chi connectivity index (χ1n) is 7.66. The number of nitrogens with one attached hydrogen (secondary N) is 2. The number of rotatable bonds is 6. The van der Waals surface area contributed by atoms with Gasteiger partial charge in [-0.3, -0.25) is 9.69 Å². The van der Waals surface area contributed by atoms with Gasteiger partial charge < -0.3 is 5.32 Å². The van der Waals surface area contributed by atoms with Crippen LogP contribution in [0.4, 0.5) is 8.78 Å². The predicted octanol–water partition coefficient (Wildman–Crippen LogP) is 0.796. The fourth-order valence-corrected chi connectivity index (χ4v) is 3.47. The lowest BCUT2D eigenvalue weighted by Gasteiger charge is -2.35. The monoisotopic (exact) mass is 355 g/mol. The van der Waals surface area contributed by atoms with E-state index in [1.54, 1.807) is 25.7 Å². The van der Waals surface area contributed by atoms with Crippen LogP contribution in [0, 0.1) is 5.41 Å². The highest BCUT2D eigenvalue weighted by molar-refractivity contribution is 7.88. The number of piperidine rings is 1. The quantitative estimate of drug-likeness (QED) is 0.739. The zero-order valence-electron chi connectivity index (χ0n) is 14.1. The van der Waals surface area contributed by atoms with Crippen LogP contribution in [-0.4, -0.2) is 63.6 Å². The van der Waals surface area contributed by atoms with Crippen LogP contribution in [0.1, 0.15) is 33.6 Å². The first kappa shape index (κ1) is 20.2. The normalized spacial score (nSPS) is 19.8. The maximum Gasteiger partial charge on any atom is 0.251 e. The largest absolute Gasteiger partial charge is 0.352 e. The first-order valence-corrected chi connectivity index (χ1v) is 9.56. The molecule has 9 heteroatoms. The summed E-state index contributed by atoms with van der Waals surface area (Å²) in [6, 6.07) is -1.00. The maximum atomic E-state index is 12.4. The van der Waals surface area contributed by atoms with Gasteiger partial charge >= 0.3 is 0 Å². The van der Waals surface area contributed by atoms with Gasteiger partial charge in [0.05, 0.1) is 12.8 Å². The Morgan fingerprint density at radius 2 is 1.78 bits per heavy atom. The van der Waals surface area contributed by atoms with Crippen molar-refractivity contribution < 1.29 is 22.0 Å². The third-order valence-corrected chi connectivity index (χ3v) is 4.45. The van der Waals surface area contributed by atoms with Gasteiger partial charge in [-0.25, -0.2) is 21.9 Å². The van der Waals surface area contributed by atoms with E-state index in [-0.39, 0.29) is 18.5 Å². The zero-order chi connectivity index (χ0) is 17.8. The van der Waals surface area contributed by atoms with Crippen LogP contribution < -0.4 is 10.0 Å². The van der Waals surface area contributed by atoms with Crippen molar-refractivity contribution in [1.29, 1.82) is 0 Å². The van der Waals surface area contributed by atoms with Gasteiger partial charge in [-0.15, -0.1) is 0 Å². The summed E-state index contributed by atoms with van der Waals surface area (Å²) in [7, 11) is -3.52. The van der Waals surface area contributed by atoms with Crippen molar-refractivity contribution in [3.05, 3.63) is 0 Å². The molecule has 0 aromatic rings. The average Bonchev–Trinajstić information content (AvgIpc) is 2.35. The van der Waals surface area contributed by atoms with E-state index in [4.69, 9.17) is 0 Å². The Bertz CT molecular complexity index is 498. The van der Waals surface area contributed by atoms with Crippen LogP contribution in [0.25, 0.3) is 0 Å². The van der Waals surface area contributed by atoms with E-state index in [1.807, 2.05) is 0 Å². The Balaban J connectivity index is 2.60. The molecule has 136 valence electrons. The van der Waals surface area contributed by atoms with Gasteiger partial charge in [-0.1, -0.05) is 20.8 Å². The van der Waals surface area contributed by atoms with Crippen LogP contribution in [0.15, 0.2) is 0 Å². The highest BCUT2D eigenvalue weighted by atomic mass is 32.2. The molecule has 0 saturated carbocycles. The molecule has 6 nitrogen and oxygen atoms in total. The molecule has 1 saturated heterocycles. The van der Waals surface area contributed by atoms with Crippen molar-refractivity contribution in [1.82, 2.24) is 14.9 Å². The van der Waals surface area contributed by atoms with Crippen molar-refractivity contribution in [2.45, 2.75) is 52.1 Å². The molecule has 0 spiro atoms. The minimum absolute atomic E-state index is 0.123. The summed E-state index contributed by atoms with van der Waals surface area (Å²) in [5.74, 6) is -0.379. The standard InChI is InChI=1S/C14H27F2N3O3S/c1-14(2,3)12(18-23(4,21)22)13(20)17-10-5-7-19(8-6-10)9-11(15)16/h10-12,18H,5-9H2,1-4H3,(H,17,20)/t12-/m0/s1. The Morgan fingerprint density at radius 1 is 1.26 bits per heavy atom. The van der Waals surface area contributed by atoms with Gasteiger partial charge in [0.15, 0.2) is 0 Å². The third-order valence-electron chi connectivity index (χ3n) is 3.79. The summed E-state index contributed by atoms with van der Waals surface area (Å²) in [5, 5.41) is 2.84. The molecule has 0 unspecified atom stereocenters. The third kappa shape index (κ3) is 7.54. The van der Waals surface area contributed by atoms with Crippen LogP contribution >= 0.6 is 0 Å². The molecule has 0 bridgehead atoms. The predicted molar refractivity (Wildman–Crippen MR) is 84.8 cm³/mol. The van der Waals surface area contributed by atoms with E-state index in [0.29, 0.717) is 25.9 Å². The molecule has 2 N–H and O–H groups in total. The number of amides is 1. The van der Waals surface area contributed by atoms with Gasteiger partial charge in [0, 0.05) is 19.1 Å². The van der Waals surface area contributed by atoms with Gasteiger partial charge in [0.25, 0.3) is 6.43 Å². The lowest BCUT2D eigenvalue weighted by atomic mass is 9.86. The van der Waals surface area contributed by atoms with E-state index in [0.717, 1.165) is 6.26 Å². The van der Waals surface area contributed by atoms with E-state index in [1.165, 1.54) is 0 Å². The lowest BCUT2D eigenvalue weighted by Crippen LogP contribution is -2.56. The summed E-state index contributed by atoms with van der Waals surface area (Å²) >= 11 is 0. The number of hydrogen-bond donors (Lipinski definition) is 2. The van der Waals surface area contributed by atoms with Gasteiger partial charge in [-0.2, -0.15) is 0 Å². The molecule has 0 aliphatic carbocycles. The fraction of sp³-hybridized carbons (Fsp3) is 0.929. The van der Waals surface area contributed by atoms with Gasteiger partial charge in [0.2, 0.25) is 15.9 Å². The first-order chi connectivity index (χ1) is 10.4. The van der Waals surface area contributed by atoms with Crippen LogP contribution in [-0.2, 0) is 14.8 Å². The number of sulfonamides is 1. The molecule has 1 aliphatic heterocycles. The van der Waals surface area contributed by atoms with Crippen molar-refractivity contribution >= 4 is 15.9 Å². The van der Waals surface area contributed by atoms with Crippen LogP contribution in [0.5, 0.6) is 0 Å². The van der Waals surface area contributed by atoms with Crippen LogP contribution in [0.2, 0.25) is 0 Å². The molecule has 1 amide bonds. The Kier molecular flexibility index (Phi) is 6.91. The number of carbonyl (C=O) groups excluding carboxylic acids is 1. The van der Waals surface area contributed by atoms with Gasteiger partial charge in [0.1, 0.15) is 6.04 Å². The molecule has 1 atom stereocenters. The number of nitrogens with zero attached hydrogens (tertiary/aromatic N) is 1. The smallest absolute Gasteiger partial charge is 0.251 e. The Labute approximate surface area is 137 Å². The summed E-state index contributed by atoms with van der Waals surface area (Å²) in [5.41, 5.74) is -0.580. The molecular weight excluding hydrogens is 328 g/mol. The molecule has 1 rings (SSSR count). The topological polar surface area (TPSA) is 78.5 Å². The summed E-state index contributed by atoms with van der Waals surface area (Å²) in [4.78, 5) is 14.1. The minimum Gasteiger partial charge on any atom is -0.352 e. The number of likely N-dealkylation sites (tertiary alicyclic amines) is 1. The minimum atomic E-state index is -3.52. The number of alkyl halides is 2. The van der Waals surface area contributed by atoms with Crippen molar-refractivity contribution in [2.24, 2.45) is 5.41 Å². The summed E-state index contributed by atoms with van der Waals surface area (Å²) in [6.07, 6.45) is -0.185. The Hall–Kier alpha value is -0.800. The molecule has 1 fully saturated rings. The maximum absolute atomic E-state index is 12.4. The second-order valence-corrected chi connectivity index (χ2v) is 8.94. The van der Waals surface area contributed by atoms with E-state index < -0.39 is 27.9 Å². The number of halogens is 2. The van der Waals surface area contributed by atoms with Crippen molar-refractivity contribution in [3.8, 4) is 0 Å². The molecule has 0 aromatic carbocycles. The van der Waals surface area contributed by atoms with Crippen molar-refractivity contribution in [2.75, 3.05) is 25.9 Å². The molecule has 1 heterocycles. The molecule has 23 heavy (non-hydrogen) atoms. The zero-order valence-corrected chi connectivity index (χ0v) is 14.9. The van der Waals surface area contributed by atoms with Crippen molar-refractivity contribution in [3.63, 3.8) is 0 Å². The highest BCUT2D eigenvalue weighted by Gasteiger charge is 2.35. The highest BCUT2D eigenvalue weighted by Crippen LogP contribution is 2.21. The molecule has 0 radical (unpaired) electrons. The summed E-state index contributed by atoms with van der Waals surface area (Å²) in [6.45, 7) is 6.08. The fourth-order valence-electron chi connectivity index (χ4n) is 2.58. The molecule has 1 aliphatic rings. The summed E-state index contributed by atoms with van der Waals surface area (Å²) < 4.78 is 50.0. The van der Waals surface area contributed by atoms with E-state index in [9.17, 15) is 22.0 Å². The SMILES string of the molecule is CC(C)(C)[C@@H](NS(C)(=O)=O)C(=O)NC1CCN(CC(F)F)CC1. The second-order valence-electron chi connectivity index (χ2n) is 7.16. The van der Waals surface area contributed by atoms with Crippen LogP contribution in [0.3, 0.4) is 0 Å². The number of carbonyl (C=O) groups is 1. The number of hydrogen-bond acceptors (Lipinski definition) is 4. The van der Waals surface area contributed by atoms with E-state index >= 15 is 0 Å². The molecular formula is C14H27F2N3O3S. The second kappa shape index (κ2) is 7.85.